The molecule has 4 amide bonds. The first-order valence-electron chi connectivity index (χ1n) is 11.9. The summed E-state index contributed by atoms with van der Waals surface area (Å²) in [5.41, 5.74) is -2.91. The summed E-state index contributed by atoms with van der Waals surface area (Å²) in [5, 5.41) is 24.4. The van der Waals surface area contributed by atoms with Gasteiger partial charge in [0.1, 0.15) is 5.57 Å². The molecular weight excluding hydrogens is 649 g/mol. The third-order valence-corrected chi connectivity index (χ3v) is 6.35. The lowest BCUT2D eigenvalue weighted by atomic mass is 10.1. The molecule has 0 saturated carbocycles. The minimum absolute atomic E-state index is 0.0414. The minimum Gasteiger partial charge on any atom is -0.490 e. The third-order valence-electron chi connectivity index (χ3n) is 5.76. The van der Waals surface area contributed by atoms with Gasteiger partial charge in [-0.1, -0.05) is 0 Å². The summed E-state index contributed by atoms with van der Waals surface area (Å²) in [7, 11) is 0. The maximum atomic E-state index is 13.2. The van der Waals surface area contributed by atoms with Gasteiger partial charge < -0.3 is 9.47 Å². The number of hydrogen-bond donors (Lipinski definition) is 1. The summed E-state index contributed by atoms with van der Waals surface area (Å²) in [6.45, 7) is 1.63. The Morgan fingerprint density at radius 2 is 1.65 bits per heavy atom. The van der Waals surface area contributed by atoms with Crippen LogP contribution in [0, 0.1) is 20.2 Å². The van der Waals surface area contributed by atoms with Crippen LogP contribution in [0.5, 0.6) is 17.2 Å². The fourth-order valence-corrected chi connectivity index (χ4v) is 4.39. The molecule has 0 radical (unpaired) electrons. The molecule has 0 aliphatic carbocycles. The topological polar surface area (TPSA) is 171 Å². The van der Waals surface area contributed by atoms with E-state index < -0.39 is 56.4 Å². The predicted octanol–water partition coefficient (Wildman–Crippen LogP) is 6.14. The Labute approximate surface area is 246 Å². The molecule has 1 heterocycles. The van der Waals surface area contributed by atoms with Gasteiger partial charge in [0.2, 0.25) is 5.75 Å². The van der Waals surface area contributed by atoms with Crippen molar-refractivity contribution in [1.29, 1.82) is 0 Å². The summed E-state index contributed by atoms with van der Waals surface area (Å²) in [5.74, 6) is -2.83. The number of rotatable bonds is 8. The molecule has 1 aliphatic heterocycles. The molecule has 17 heteroatoms. The zero-order chi connectivity index (χ0) is 31.6. The maximum Gasteiger partial charge on any atom is 0.416 e. The number of ether oxygens (including phenoxy) is 2. The van der Waals surface area contributed by atoms with Gasteiger partial charge in [0, 0.05) is 18.2 Å². The van der Waals surface area contributed by atoms with Gasteiger partial charge in [-0.2, -0.15) is 13.2 Å². The van der Waals surface area contributed by atoms with Crippen LogP contribution in [0.2, 0.25) is 0 Å². The van der Waals surface area contributed by atoms with Crippen LogP contribution < -0.4 is 19.7 Å². The summed E-state index contributed by atoms with van der Waals surface area (Å²) in [4.78, 5) is 59.6. The zero-order valence-corrected chi connectivity index (χ0v) is 23.1. The van der Waals surface area contributed by atoms with E-state index in [4.69, 9.17) is 9.47 Å². The fourth-order valence-electron chi connectivity index (χ4n) is 3.85. The van der Waals surface area contributed by atoms with Gasteiger partial charge in [-0.05, 0) is 70.9 Å². The fraction of sp³-hybridized carbons (Fsp3) is 0.115. The molecule has 0 unspecified atom stereocenters. The van der Waals surface area contributed by atoms with Crippen molar-refractivity contribution in [3.05, 3.63) is 96.0 Å². The lowest BCUT2D eigenvalue weighted by Crippen LogP contribution is -2.54. The highest BCUT2D eigenvalue weighted by atomic mass is 79.9. The van der Waals surface area contributed by atoms with Crippen LogP contribution in [-0.4, -0.2) is 34.3 Å². The normalized spacial score (nSPS) is 14.5. The number of imide groups is 2. The number of non-ortho nitro benzene ring substituents is 1. The summed E-state index contributed by atoms with van der Waals surface area (Å²) >= 11 is 3.22. The van der Waals surface area contributed by atoms with E-state index in [1.165, 1.54) is 12.1 Å². The van der Waals surface area contributed by atoms with E-state index in [-0.39, 0.29) is 39.5 Å². The number of nitro benzene ring substituents is 2. The van der Waals surface area contributed by atoms with Crippen LogP contribution in [0.3, 0.4) is 0 Å². The van der Waals surface area contributed by atoms with Gasteiger partial charge in [-0.25, -0.2) is 9.69 Å². The molecule has 43 heavy (non-hydrogen) atoms. The molecular formula is C26H16BrF3N4O9. The first-order chi connectivity index (χ1) is 20.2. The van der Waals surface area contributed by atoms with Crippen molar-refractivity contribution in [3.8, 4) is 17.2 Å². The maximum absolute atomic E-state index is 13.2. The Balaban J connectivity index is 1.73. The van der Waals surface area contributed by atoms with Gasteiger partial charge in [0.05, 0.1) is 32.2 Å². The second kappa shape index (κ2) is 11.9. The molecule has 0 aromatic heterocycles. The van der Waals surface area contributed by atoms with E-state index in [2.05, 4.69) is 15.9 Å². The van der Waals surface area contributed by atoms with Crippen molar-refractivity contribution in [1.82, 2.24) is 5.32 Å². The molecule has 0 atom stereocenters. The average molecular weight is 665 g/mol. The smallest absolute Gasteiger partial charge is 0.416 e. The Hall–Kier alpha value is -5.32. The highest BCUT2D eigenvalue weighted by Gasteiger charge is 2.37. The molecule has 3 aromatic rings. The second-order valence-corrected chi connectivity index (χ2v) is 9.39. The highest BCUT2D eigenvalue weighted by molar-refractivity contribution is 9.10. The number of anilines is 1. The number of barbiturate groups is 1. The van der Waals surface area contributed by atoms with Crippen LogP contribution >= 0.6 is 15.9 Å². The van der Waals surface area contributed by atoms with Crippen LogP contribution in [0.15, 0.2) is 64.6 Å². The molecule has 3 aromatic carbocycles. The van der Waals surface area contributed by atoms with Crippen molar-refractivity contribution in [3.63, 3.8) is 0 Å². The monoisotopic (exact) mass is 664 g/mol. The van der Waals surface area contributed by atoms with E-state index in [0.29, 0.717) is 17.0 Å². The van der Waals surface area contributed by atoms with Gasteiger partial charge in [0.15, 0.2) is 11.5 Å². The number of amides is 4. The van der Waals surface area contributed by atoms with E-state index in [9.17, 15) is 47.8 Å². The Bertz CT molecular complexity index is 1710. The number of carbonyl (C=O) groups excluding carboxylic acids is 3. The molecule has 0 spiro atoms. The Morgan fingerprint density at radius 3 is 2.23 bits per heavy atom. The number of nitrogens with one attached hydrogen (secondary N) is 1. The Morgan fingerprint density at radius 1 is 0.977 bits per heavy atom. The largest absolute Gasteiger partial charge is 0.490 e. The number of nitrogens with zero attached hydrogens (tertiary/aromatic N) is 3. The molecule has 1 aliphatic rings. The van der Waals surface area contributed by atoms with Gasteiger partial charge in [-0.3, -0.25) is 35.1 Å². The van der Waals surface area contributed by atoms with Gasteiger partial charge in [-0.15, -0.1) is 0 Å². The molecule has 1 N–H and O–H groups in total. The SMILES string of the molecule is CCOc1cc(/C=C2\C(=O)NC(=O)N(c3ccc([N+](=O)[O-])cc3)C2=O)cc(Br)c1Oc1ccc(C(F)(F)F)cc1[N+](=O)[O-]. The van der Waals surface area contributed by atoms with Gasteiger partial charge >= 0.3 is 17.9 Å². The van der Waals surface area contributed by atoms with E-state index >= 15 is 0 Å². The van der Waals surface area contributed by atoms with Crippen molar-refractivity contribution in [2.45, 2.75) is 13.1 Å². The predicted molar refractivity (Wildman–Crippen MR) is 146 cm³/mol. The lowest BCUT2D eigenvalue weighted by molar-refractivity contribution is -0.385. The number of benzene rings is 3. The summed E-state index contributed by atoms with van der Waals surface area (Å²) in [6.07, 6.45) is -3.73. The van der Waals surface area contributed by atoms with Crippen molar-refractivity contribution >= 4 is 56.9 Å². The quantitative estimate of drug-likeness (QED) is 0.128. The number of urea groups is 1. The summed E-state index contributed by atoms with van der Waals surface area (Å²) in [6, 6.07) is 7.70. The van der Waals surface area contributed by atoms with Crippen molar-refractivity contribution in [2.75, 3.05) is 11.5 Å². The molecule has 13 nitrogen and oxygen atoms in total. The van der Waals surface area contributed by atoms with Crippen molar-refractivity contribution in [2.24, 2.45) is 0 Å². The van der Waals surface area contributed by atoms with Crippen LogP contribution in [0.1, 0.15) is 18.1 Å². The second-order valence-electron chi connectivity index (χ2n) is 8.53. The first kappa shape index (κ1) is 30.6. The standard InChI is InChI=1S/C26H16BrF3N4O9/c1-2-42-21-11-13(10-18(27)22(21)43-20-8-3-14(26(28,29)30)12-19(20)34(40)41)9-17-23(35)31-25(37)32(24(17)36)15-4-6-16(7-5-15)33(38)39/h3-12H,2H2,1H3,(H,31,35,37)/b17-9+. The number of hydrogen-bond acceptors (Lipinski definition) is 9. The highest BCUT2D eigenvalue weighted by Crippen LogP contribution is 2.44. The molecule has 1 saturated heterocycles. The number of carbonyl (C=O) groups is 3. The van der Waals surface area contributed by atoms with Crippen molar-refractivity contribution < 1.29 is 46.9 Å². The van der Waals surface area contributed by atoms with Crippen LogP contribution in [0.4, 0.5) is 35.0 Å². The van der Waals surface area contributed by atoms with E-state index in [1.807, 2.05) is 5.32 Å². The first-order valence-corrected chi connectivity index (χ1v) is 12.7. The number of halogens is 4. The number of nitro groups is 2. The Kier molecular flexibility index (Phi) is 8.47. The van der Waals surface area contributed by atoms with Crippen LogP contribution in [-0.2, 0) is 15.8 Å². The summed E-state index contributed by atoms with van der Waals surface area (Å²) < 4.78 is 50.5. The zero-order valence-electron chi connectivity index (χ0n) is 21.5. The van der Waals surface area contributed by atoms with Gasteiger partial charge in [0.25, 0.3) is 17.5 Å². The lowest BCUT2D eigenvalue weighted by Gasteiger charge is -2.26. The molecule has 1 fully saturated rings. The third kappa shape index (κ3) is 6.45. The van der Waals surface area contributed by atoms with E-state index in [0.717, 1.165) is 36.4 Å². The minimum atomic E-state index is -4.84. The molecule has 0 bridgehead atoms. The molecule has 4 rings (SSSR count). The number of alkyl halides is 3. The van der Waals surface area contributed by atoms with E-state index in [1.54, 1.807) is 6.92 Å². The van der Waals surface area contributed by atoms with Crippen LogP contribution in [0.25, 0.3) is 6.08 Å². The molecule has 222 valence electrons. The average Bonchev–Trinajstić information content (AvgIpc) is 2.92.